The molecule has 80 valence electrons. The number of rotatable bonds is 3. The first kappa shape index (κ1) is 11.5. The van der Waals surface area contributed by atoms with Crippen LogP contribution in [0.1, 0.15) is 52.4 Å². The van der Waals surface area contributed by atoms with Crippen molar-refractivity contribution in [2.75, 3.05) is 0 Å². The normalized spacial score (nSPS) is 34.9. The van der Waals surface area contributed by atoms with Gasteiger partial charge in [-0.25, -0.2) is 0 Å². The first-order valence-electron chi connectivity index (χ1n) is 5.78. The summed E-state index contributed by atoms with van der Waals surface area (Å²) < 4.78 is 0. The monoisotopic (exact) mass is 195 g/mol. The molecule has 0 heterocycles. The van der Waals surface area contributed by atoms with Gasteiger partial charge in [-0.2, -0.15) is 5.26 Å². The van der Waals surface area contributed by atoms with E-state index in [0.717, 1.165) is 32.1 Å². The second-order valence-corrected chi connectivity index (χ2v) is 4.56. The Bertz CT molecular complexity index is 221. The van der Waals surface area contributed by atoms with Gasteiger partial charge in [0.1, 0.15) is 0 Å². The maximum Gasteiger partial charge on any atom is 0.0807 e. The summed E-state index contributed by atoms with van der Waals surface area (Å²) >= 11 is 0. The van der Waals surface area contributed by atoms with Crippen LogP contribution in [0.2, 0.25) is 0 Å². The molecule has 3 atom stereocenters. The quantitative estimate of drug-likeness (QED) is 0.752. The average molecular weight is 195 g/mol. The zero-order valence-corrected chi connectivity index (χ0v) is 9.29. The fourth-order valence-electron chi connectivity index (χ4n) is 2.66. The standard InChI is InChI=1S/C12H21NO/c1-3-10-6-5-7-12(14,8-10)11(4-2)9-13/h10-11,14H,3-8H2,1-2H3. The number of hydrogen-bond acceptors (Lipinski definition) is 2. The Morgan fingerprint density at radius 3 is 2.79 bits per heavy atom. The molecule has 1 saturated carbocycles. The number of aliphatic hydroxyl groups is 1. The first-order chi connectivity index (χ1) is 6.66. The maximum atomic E-state index is 10.4. The molecule has 1 aliphatic carbocycles. The lowest BCUT2D eigenvalue weighted by atomic mass is 9.70. The highest BCUT2D eigenvalue weighted by Gasteiger charge is 2.39. The summed E-state index contributed by atoms with van der Waals surface area (Å²) in [6, 6.07) is 2.26. The van der Waals surface area contributed by atoms with Gasteiger partial charge in [0.15, 0.2) is 0 Å². The highest BCUT2D eigenvalue weighted by atomic mass is 16.3. The van der Waals surface area contributed by atoms with Crippen molar-refractivity contribution in [2.45, 2.75) is 58.0 Å². The van der Waals surface area contributed by atoms with Crippen LogP contribution in [0.4, 0.5) is 0 Å². The van der Waals surface area contributed by atoms with Crippen molar-refractivity contribution in [3.05, 3.63) is 0 Å². The molecule has 1 fully saturated rings. The zero-order valence-electron chi connectivity index (χ0n) is 9.29. The van der Waals surface area contributed by atoms with Crippen LogP contribution < -0.4 is 0 Å². The number of nitrogens with zero attached hydrogens (tertiary/aromatic N) is 1. The van der Waals surface area contributed by atoms with Gasteiger partial charge < -0.3 is 5.11 Å². The lowest BCUT2D eigenvalue weighted by molar-refractivity contribution is -0.0493. The minimum Gasteiger partial charge on any atom is -0.389 e. The Morgan fingerprint density at radius 2 is 2.29 bits per heavy atom. The van der Waals surface area contributed by atoms with Gasteiger partial charge in [0.25, 0.3) is 0 Å². The lowest BCUT2D eigenvalue weighted by Gasteiger charge is -2.39. The molecule has 1 N–H and O–H groups in total. The molecular weight excluding hydrogens is 174 g/mol. The van der Waals surface area contributed by atoms with Crippen molar-refractivity contribution >= 4 is 0 Å². The molecule has 0 aromatic heterocycles. The second-order valence-electron chi connectivity index (χ2n) is 4.56. The van der Waals surface area contributed by atoms with E-state index in [1.54, 1.807) is 0 Å². The van der Waals surface area contributed by atoms with Crippen molar-refractivity contribution in [3.63, 3.8) is 0 Å². The molecule has 14 heavy (non-hydrogen) atoms. The molecule has 0 amide bonds. The van der Waals surface area contributed by atoms with Crippen LogP contribution in [0, 0.1) is 23.2 Å². The Hall–Kier alpha value is -0.550. The van der Waals surface area contributed by atoms with Crippen molar-refractivity contribution in [2.24, 2.45) is 11.8 Å². The smallest absolute Gasteiger partial charge is 0.0807 e. The van der Waals surface area contributed by atoms with E-state index in [9.17, 15) is 5.11 Å². The van der Waals surface area contributed by atoms with Gasteiger partial charge in [0.05, 0.1) is 17.6 Å². The van der Waals surface area contributed by atoms with Crippen LogP contribution in [0.5, 0.6) is 0 Å². The van der Waals surface area contributed by atoms with Gasteiger partial charge in [-0.15, -0.1) is 0 Å². The third-order valence-electron chi connectivity index (χ3n) is 3.65. The Kier molecular flexibility index (Phi) is 3.95. The van der Waals surface area contributed by atoms with E-state index >= 15 is 0 Å². The van der Waals surface area contributed by atoms with Crippen molar-refractivity contribution in [3.8, 4) is 6.07 Å². The molecular formula is C12H21NO. The molecule has 1 aliphatic rings. The van der Waals surface area contributed by atoms with Gasteiger partial charge >= 0.3 is 0 Å². The van der Waals surface area contributed by atoms with Gasteiger partial charge in [-0.1, -0.05) is 33.1 Å². The predicted octanol–water partition coefficient (Wildman–Crippen LogP) is 2.87. The Labute approximate surface area is 86.9 Å². The van der Waals surface area contributed by atoms with E-state index in [-0.39, 0.29) is 5.92 Å². The molecule has 0 spiro atoms. The molecule has 2 heteroatoms. The molecule has 0 aromatic carbocycles. The van der Waals surface area contributed by atoms with Crippen molar-refractivity contribution < 1.29 is 5.11 Å². The van der Waals surface area contributed by atoms with E-state index in [1.165, 1.54) is 6.42 Å². The van der Waals surface area contributed by atoms with Crippen LogP contribution in [-0.4, -0.2) is 10.7 Å². The summed E-state index contributed by atoms with van der Waals surface area (Å²) in [5.41, 5.74) is -0.692. The third kappa shape index (κ3) is 2.27. The van der Waals surface area contributed by atoms with Gasteiger partial charge in [-0.3, -0.25) is 0 Å². The van der Waals surface area contributed by atoms with Crippen LogP contribution in [0.3, 0.4) is 0 Å². The topological polar surface area (TPSA) is 44.0 Å². The molecule has 0 saturated heterocycles. The minimum absolute atomic E-state index is 0.170. The molecule has 0 aromatic rings. The van der Waals surface area contributed by atoms with E-state index < -0.39 is 5.60 Å². The second kappa shape index (κ2) is 4.79. The SMILES string of the molecule is CCC1CCCC(O)(C(C#N)CC)C1. The maximum absolute atomic E-state index is 10.4. The number of hydrogen-bond donors (Lipinski definition) is 1. The third-order valence-corrected chi connectivity index (χ3v) is 3.65. The Morgan fingerprint density at radius 1 is 1.57 bits per heavy atom. The van der Waals surface area contributed by atoms with Crippen molar-refractivity contribution in [1.29, 1.82) is 5.26 Å². The molecule has 0 bridgehead atoms. The highest BCUT2D eigenvalue weighted by molar-refractivity contribution is 5.00. The van der Waals surface area contributed by atoms with E-state index in [2.05, 4.69) is 13.0 Å². The summed E-state index contributed by atoms with van der Waals surface area (Å²) in [5, 5.41) is 19.4. The molecule has 3 unspecified atom stereocenters. The van der Waals surface area contributed by atoms with E-state index in [4.69, 9.17) is 5.26 Å². The fourth-order valence-corrected chi connectivity index (χ4v) is 2.66. The average Bonchev–Trinajstić information content (AvgIpc) is 2.19. The van der Waals surface area contributed by atoms with E-state index in [1.807, 2.05) is 6.92 Å². The largest absolute Gasteiger partial charge is 0.389 e. The summed E-state index contributed by atoms with van der Waals surface area (Å²) in [6.07, 6.45) is 5.84. The predicted molar refractivity (Wildman–Crippen MR) is 56.6 cm³/mol. The van der Waals surface area contributed by atoms with Gasteiger partial charge in [0, 0.05) is 0 Å². The van der Waals surface area contributed by atoms with Crippen LogP contribution >= 0.6 is 0 Å². The molecule has 2 nitrogen and oxygen atoms in total. The van der Waals surface area contributed by atoms with Gasteiger partial charge in [0.2, 0.25) is 0 Å². The van der Waals surface area contributed by atoms with Gasteiger partial charge in [-0.05, 0) is 25.2 Å². The minimum atomic E-state index is -0.692. The summed E-state index contributed by atoms with van der Waals surface area (Å²) in [7, 11) is 0. The highest BCUT2D eigenvalue weighted by Crippen LogP contribution is 2.39. The number of nitriles is 1. The van der Waals surface area contributed by atoms with Crippen LogP contribution in [0.15, 0.2) is 0 Å². The fraction of sp³-hybridized carbons (Fsp3) is 0.917. The summed E-state index contributed by atoms with van der Waals surface area (Å²) in [6.45, 7) is 4.16. The van der Waals surface area contributed by atoms with E-state index in [0.29, 0.717) is 5.92 Å². The summed E-state index contributed by atoms with van der Waals surface area (Å²) in [4.78, 5) is 0. The zero-order chi connectivity index (χ0) is 10.6. The van der Waals surface area contributed by atoms with Crippen LogP contribution in [-0.2, 0) is 0 Å². The molecule has 0 radical (unpaired) electrons. The summed E-state index contributed by atoms with van der Waals surface area (Å²) in [5.74, 6) is 0.452. The lowest BCUT2D eigenvalue weighted by Crippen LogP contribution is -2.41. The first-order valence-corrected chi connectivity index (χ1v) is 5.78. The molecule has 0 aliphatic heterocycles. The Balaban J connectivity index is 2.68. The van der Waals surface area contributed by atoms with Crippen LogP contribution in [0.25, 0.3) is 0 Å². The van der Waals surface area contributed by atoms with Crippen molar-refractivity contribution in [1.82, 2.24) is 0 Å². The molecule has 1 rings (SSSR count).